The first-order chi connectivity index (χ1) is 6.06. The van der Waals surface area contributed by atoms with Gasteiger partial charge in [-0.3, -0.25) is 0 Å². The van der Waals surface area contributed by atoms with Crippen molar-refractivity contribution in [3.8, 4) is 0 Å². The molecule has 0 aliphatic carbocycles. The molecule has 1 rings (SSSR count). The van der Waals surface area contributed by atoms with Crippen LogP contribution in [-0.2, 0) is 5.88 Å². The quantitative estimate of drug-likeness (QED) is 0.517. The van der Waals surface area contributed by atoms with Gasteiger partial charge in [-0.15, -0.1) is 11.6 Å². The molecule has 0 amide bonds. The van der Waals surface area contributed by atoms with E-state index in [2.05, 4.69) is 4.98 Å². The van der Waals surface area contributed by atoms with Gasteiger partial charge in [0.1, 0.15) is 9.52 Å². The molecule has 72 valence electrons. The van der Waals surface area contributed by atoms with Crippen molar-refractivity contribution in [3.63, 3.8) is 0 Å². The van der Waals surface area contributed by atoms with Gasteiger partial charge in [0, 0.05) is 11.1 Å². The van der Waals surface area contributed by atoms with E-state index in [1.807, 2.05) is 22.6 Å². The number of halogens is 4. The summed E-state index contributed by atoms with van der Waals surface area (Å²) in [6.45, 7) is 0. The van der Waals surface area contributed by atoms with Crippen LogP contribution in [0.2, 0.25) is 0 Å². The van der Waals surface area contributed by atoms with E-state index in [0.29, 0.717) is 3.70 Å². The highest BCUT2D eigenvalue weighted by Gasteiger charge is 2.16. The minimum atomic E-state index is -2.56. The number of hydrogen-bond donors (Lipinski definition) is 1. The normalized spacial score (nSPS) is 10.8. The Morgan fingerprint density at radius 3 is 2.69 bits per heavy atom. The summed E-state index contributed by atoms with van der Waals surface area (Å²) < 4.78 is 25.3. The number of hydrogen-bond acceptors (Lipinski definition) is 2. The SMILES string of the molecule is Nc1nc(I)cc(C(F)F)c1CCl. The lowest BCUT2D eigenvalue weighted by Crippen LogP contribution is -2.03. The molecule has 0 saturated heterocycles. The maximum atomic E-state index is 12.4. The molecule has 1 heterocycles. The molecular weight excluding hydrogens is 312 g/mol. The van der Waals surface area contributed by atoms with Gasteiger partial charge in [-0.2, -0.15) is 0 Å². The number of rotatable bonds is 2. The van der Waals surface area contributed by atoms with Gasteiger partial charge in [-0.05, 0) is 28.7 Å². The fourth-order valence-electron chi connectivity index (χ4n) is 0.918. The van der Waals surface area contributed by atoms with Crippen LogP contribution in [-0.4, -0.2) is 4.98 Å². The molecule has 0 unspecified atom stereocenters. The molecule has 1 aromatic heterocycles. The van der Waals surface area contributed by atoms with Crippen LogP contribution < -0.4 is 5.73 Å². The predicted octanol–water partition coefficient (Wildman–Crippen LogP) is 2.94. The third kappa shape index (κ3) is 2.40. The van der Waals surface area contributed by atoms with E-state index in [4.69, 9.17) is 17.3 Å². The molecule has 0 atom stereocenters. The maximum absolute atomic E-state index is 12.4. The van der Waals surface area contributed by atoms with Gasteiger partial charge in [0.2, 0.25) is 0 Å². The second-order valence-corrected chi connectivity index (χ2v) is 3.70. The number of aromatic nitrogens is 1. The Bertz CT molecular complexity index is 320. The van der Waals surface area contributed by atoms with E-state index in [1.54, 1.807) is 0 Å². The highest BCUT2D eigenvalue weighted by atomic mass is 127. The van der Waals surface area contributed by atoms with Gasteiger partial charge in [-0.1, -0.05) is 0 Å². The zero-order valence-corrected chi connectivity index (χ0v) is 9.31. The minimum Gasteiger partial charge on any atom is -0.383 e. The van der Waals surface area contributed by atoms with Gasteiger partial charge in [0.25, 0.3) is 6.43 Å². The van der Waals surface area contributed by atoms with Crippen molar-refractivity contribution in [3.05, 3.63) is 20.9 Å². The van der Waals surface area contributed by atoms with Crippen molar-refractivity contribution in [2.24, 2.45) is 0 Å². The zero-order valence-electron chi connectivity index (χ0n) is 6.40. The van der Waals surface area contributed by atoms with E-state index >= 15 is 0 Å². The number of nitrogen functional groups attached to an aromatic ring is 1. The molecule has 13 heavy (non-hydrogen) atoms. The number of anilines is 1. The van der Waals surface area contributed by atoms with Crippen LogP contribution in [0.1, 0.15) is 17.6 Å². The lowest BCUT2D eigenvalue weighted by Gasteiger charge is -2.08. The summed E-state index contributed by atoms with van der Waals surface area (Å²) in [5, 5.41) is 0. The Kier molecular flexibility index (Phi) is 3.66. The lowest BCUT2D eigenvalue weighted by molar-refractivity contribution is 0.150. The van der Waals surface area contributed by atoms with E-state index < -0.39 is 6.43 Å². The summed E-state index contributed by atoms with van der Waals surface area (Å²) in [6, 6.07) is 1.29. The van der Waals surface area contributed by atoms with Crippen LogP contribution in [0.3, 0.4) is 0 Å². The molecule has 0 saturated carbocycles. The number of pyridine rings is 1. The lowest BCUT2D eigenvalue weighted by atomic mass is 10.1. The van der Waals surface area contributed by atoms with Crippen LogP contribution in [0.5, 0.6) is 0 Å². The Morgan fingerprint density at radius 1 is 1.62 bits per heavy atom. The molecule has 0 aromatic carbocycles. The standard InChI is InChI=1S/C7H6ClF2IN2/c8-2-4-3(6(9)10)1-5(11)13-7(4)12/h1,6H,2H2,(H2,12,13). The van der Waals surface area contributed by atoms with Gasteiger partial charge >= 0.3 is 0 Å². The predicted molar refractivity (Wildman–Crippen MR) is 55.9 cm³/mol. The van der Waals surface area contributed by atoms with Gasteiger partial charge < -0.3 is 5.73 Å². The second kappa shape index (κ2) is 4.36. The van der Waals surface area contributed by atoms with Crippen LogP contribution >= 0.6 is 34.2 Å². The van der Waals surface area contributed by atoms with Crippen molar-refractivity contribution < 1.29 is 8.78 Å². The first-order valence-corrected chi connectivity index (χ1v) is 4.96. The van der Waals surface area contributed by atoms with Gasteiger partial charge in [0.15, 0.2) is 0 Å². The first kappa shape index (κ1) is 10.9. The molecule has 2 N–H and O–H groups in total. The molecule has 0 bridgehead atoms. The smallest absolute Gasteiger partial charge is 0.264 e. The zero-order chi connectivity index (χ0) is 10.0. The first-order valence-electron chi connectivity index (χ1n) is 3.35. The highest BCUT2D eigenvalue weighted by molar-refractivity contribution is 14.1. The van der Waals surface area contributed by atoms with Crippen LogP contribution in [0.25, 0.3) is 0 Å². The molecular formula is C7H6ClF2IN2. The average molecular weight is 318 g/mol. The monoisotopic (exact) mass is 318 g/mol. The molecule has 0 aliphatic rings. The topological polar surface area (TPSA) is 38.9 Å². The fraction of sp³-hybridized carbons (Fsp3) is 0.286. The fourth-order valence-corrected chi connectivity index (χ4v) is 1.81. The molecule has 0 fully saturated rings. The highest BCUT2D eigenvalue weighted by Crippen LogP contribution is 2.28. The third-order valence-electron chi connectivity index (χ3n) is 1.53. The number of nitrogens with two attached hydrogens (primary N) is 1. The molecule has 0 spiro atoms. The van der Waals surface area contributed by atoms with Gasteiger partial charge in [0.05, 0.1) is 5.88 Å². The summed E-state index contributed by atoms with van der Waals surface area (Å²) in [7, 11) is 0. The Morgan fingerprint density at radius 2 is 2.23 bits per heavy atom. The number of nitrogens with zero attached hydrogens (tertiary/aromatic N) is 1. The van der Waals surface area contributed by atoms with E-state index in [-0.39, 0.29) is 22.8 Å². The molecule has 1 aromatic rings. The minimum absolute atomic E-state index is 0.0462. The average Bonchev–Trinajstić information content (AvgIpc) is 2.02. The summed E-state index contributed by atoms with van der Waals surface area (Å²) in [4.78, 5) is 3.83. The van der Waals surface area contributed by atoms with Crippen molar-refractivity contribution in [2.75, 3.05) is 5.73 Å². The second-order valence-electron chi connectivity index (χ2n) is 2.33. The van der Waals surface area contributed by atoms with Crippen LogP contribution in [0.15, 0.2) is 6.07 Å². The van der Waals surface area contributed by atoms with E-state index in [9.17, 15) is 8.78 Å². The molecule has 6 heteroatoms. The van der Waals surface area contributed by atoms with Crippen molar-refractivity contribution in [1.29, 1.82) is 0 Å². The van der Waals surface area contributed by atoms with Crippen molar-refractivity contribution in [2.45, 2.75) is 12.3 Å². The van der Waals surface area contributed by atoms with Crippen LogP contribution in [0.4, 0.5) is 14.6 Å². The van der Waals surface area contributed by atoms with E-state index in [0.717, 1.165) is 0 Å². The summed E-state index contributed by atoms with van der Waals surface area (Å²) in [5.41, 5.74) is 5.52. The number of alkyl halides is 3. The summed E-state index contributed by atoms with van der Waals surface area (Å²) in [5.74, 6) is 0.0345. The molecule has 0 aliphatic heterocycles. The van der Waals surface area contributed by atoms with Crippen molar-refractivity contribution in [1.82, 2.24) is 4.98 Å². The Labute approximate surface area is 92.6 Å². The van der Waals surface area contributed by atoms with E-state index in [1.165, 1.54) is 6.07 Å². The Balaban J connectivity index is 3.29. The maximum Gasteiger partial charge on any atom is 0.264 e. The Hall–Kier alpha value is -0.170. The van der Waals surface area contributed by atoms with Crippen LogP contribution in [0, 0.1) is 3.70 Å². The molecule has 0 radical (unpaired) electrons. The summed E-state index contributed by atoms with van der Waals surface area (Å²) >= 11 is 7.31. The summed E-state index contributed by atoms with van der Waals surface area (Å²) in [6.07, 6.45) is -2.56. The molecule has 2 nitrogen and oxygen atoms in total. The third-order valence-corrected chi connectivity index (χ3v) is 2.35. The van der Waals surface area contributed by atoms with Crippen molar-refractivity contribution >= 4 is 40.0 Å². The largest absolute Gasteiger partial charge is 0.383 e. The van der Waals surface area contributed by atoms with Gasteiger partial charge in [-0.25, -0.2) is 13.8 Å².